The maximum absolute atomic E-state index is 11.1. The van der Waals surface area contributed by atoms with E-state index in [1.165, 1.54) is 14.0 Å². The Morgan fingerprint density at radius 1 is 1.24 bits per heavy atom. The van der Waals surface area contributed by atoms with Crippen LogP contribution in [0, 0.1) is 0 Å². The smallest absolute Gasteiger partial charge is 0.333 e. The van der Waals surface area contributed by atoms with Crippen LogP contribution in [-0.2, 0) is 20.7 Å². The minimum Gasteiger partial charge on any atom is -0.466 e. The zero-order chi connectivity index (χ0) is 12.8. The van der Waals surface area contributed by atoms with Gasteiger partial charge in [-0.15, -0.1) is 0 Å². The van der Waals surface area contributed by atoms with E-state index < -0.39 is 5.97 Å². The van der Waals surface area contributed by atoms with Crippen molar-refractivity contribution >= 4 is 11.9 Å². The lowest BCUT2D eigenvalue weighted by Crippen LogP contribution is -2.06. The summed E-state index contributed by atoms with van der Waals surface area (Å²) in [5.74, 6) is -0.310. The Balaban J connectivity index is 2.65. The Kier molecular flexibility index (Phi) is 4.46. The molecule has 4 heteroatoms. The Morgan fingerprint density at radius 2 is 1.82 bits per heavy atom. The summed E-state index contributed by atoms with van der Waals surface area (Å²) in [5, 5.41) is 0. The molecule has 1 aromatic rings. The molecule has 4 nitrogen and oxygen atoms in total. The molecule has 0 aliphatic rings. The Hall–Kier alpha value is -2.10. The van der Waals surface area contributed by atoms with E-state index in [-0.39, 0.29) is 5.97 Å². The number of methoxy groups -OCH3 is 1. The van der Waals surface area contributed by atoms with Crippen LogP contribution < -0.4 is 4.74 Å². The van der Waals surface area contributed by atoms with Crippen molar-refractivity contribution in [3.05, 3.63) is 42.0 Å². The highest BCUT2D eigenvalue weighted by Gasteiger charge is 2.07. The molecule has 90 valence electrons. The molecule has 0 fully saturated rings. The summed E-state index contributed by atoms with van der Waals surface area (Å²) in [6, 6.07) is 6.88. The fourth-order valence-electron chi connectivity index (χ4n) is 1.30. The maximum Gasteiger partial charge on any atom is 0.333 e. The van der Waals surface area contributed by atoms with Crippen molar-refractivity contribution in [3.8, 4) is 5.75 Å². The molecule has 0 radical (unpaired) electrons. The summed E-state index contributed by atoms with van der Waals surface area (Å²) in [7, 11) is 1.32. The summed E-state index contributed by atoms with van der Waals surface area (Å²) in [5.41, 5.74) is 1.28. The quantitative estimate of drug-likeness (QED) is 0.453. The van der Waals surface area contributed by atoms with Gasteiger partial charge in [-0.3, -0.25) is 4.79 Å². The minimum absolute atomic E-state index is 0.364. The lowest BCUT2D eigenvalue weighted by atomic mass is 10.1. The molecule has 0 aliphatic carbocycles. The maximum atomic E-state index is 11.1. The van der Waals surface area contributed by atoms with Gasteiger partial charge in [0.05, 0.1) is 7.11 Å². The van der Waals surface area contributed by atoms with E-state index in [1.807, 2.05) is 0 Å². The Labute approximate surface area is 99.8 Å². The van der Waals surface area contributed by atoms with Crippen LogP contribution in [-0.4, -0.2) is 19.0 Å². The molecule has 0 heterocycles. The molecule has 0 bridgehead atoms. The Bertz CT molecular complexity index is 431. The van der Waals surface area contributed by atoms with Gasteiger partial charge in [-0.25, -0.2) is 4.79 Å². The number of hydrogen-bond donors (Lipinski definition) is 0. The van der Waals surface area contributed by atoms with Crippen LogP contribution in [0.15, 0.2) is 36.4 Å². The van der Waals surface area contributed by atoms with Crippen molar-refractivity contribution in [3.63, 3.8) is 0 Å². The van der Waals surface area contributed by atoms with E-state index in [0.29, 0.717) is 17.7 Å². The number of benzene rings is 1. The predicted octanol–water partition coefficient (Wildman–Crippen LogP) is 1.88. The fraction of sp³-hybridized carbons (Fsp3) is 0.231. The zero-order valence-electron chi connectivity index (χ0n) is 9.86. The van der Waals surface area contributed by atoms with E-state index in [4.69, 9.17) is 4.74 Å². The molecule has 0 N–H and O–H groups in total. The van der Waals surface area contributed by atoms with Crippen LogP contribution in [0.2, 0.25) is 0 Å². The molecule has 1 aromatic carbocycles. The molecule has 0 amide bonds. The van der Waals surface area contributed by atoms with Gasteiger partial charge in [0.1, 0.15) is 5.75 Å². The minimum atomic E-state index is -0.422. The topological polar surface area (TPSA) is 52.6 Å². The molecule has 0 saturated heterocycles. The monoisotopic (exact) mass is 234 g/mol. The third kappa shape index (κ3) is 4.10. The van der Waals surface area contributed by atoms with Gasteiger partial charge in [-0.05, 0) is 17.7 Å². The second-order valence-corrected chi connectivity index (χ2v) is 3.51. The van der Waals surface area contributed by atoms with E-state index >= 15 is 0 Å². The van der Waals surface area contributed by atoms with E-state index in [9.17, 15) is 9.59 Å². The van der Waals surface area contributed by atoms with Crippen molar-refractivity contribution in [1.82, 2.24) is 0 Å². The summed E-state index contributed by atoms with van der Waals surface area (Å²) in [6.45, 7) is 4.97. The van der Waals surface area contributed by atoms with E-state index in [2.05, 4.69) is 11.3 Å². The van der Waals surface area contributed by atoms with Crippen molar-refractivity contribution < 1.29 is 19.1 Å². The molecular formula is C13H14O4. The highest BCUT2D eigenvalue weighted by atomic mass is 16.5. The number of carbonyl (C=O) groups excluding carboxylic acids is 2. The average Bonchev–Trinajstić information content (AvgIpc) is 2.30. The fourth-order valence-corrected chi connectivity index (χ4v) is 1.30. The van der Waals surface area contributed by atoms with Crippen LogP contribution >= 0.6 is 0 Å². The third-order valence-electron chi connectivity index (χ3n) is 2.08. The number of carbonyl (C=O) groups is 2. The van der Waals surface area contributed by atoms with Gasteiger partial charge >= 0.3 is 11.9 Å². The van der Waals surface area contributed by atoms with Crippen LogP contribution in [0.25, 0.3) is 0 Å². The van der Waals surface area contributed by atoms with Crippen LogP contribution in [0.5, 0.6) is 5.75 Å². The first-order valence-corrected chi connectivity index (χ1v) is 5.06. The molecule has 0 atom stereocenters. The predicted molar refractivity (Wildman–Crippen MR) is 62.6 cm³/mol. The van der Waals surface area contributed by atoms with E-state index in [0.717, 1.165) is 5.56 Å². The summed E-state index contributed by atoms with van der Waals surface area (Å²) in [4.78, 5) is 21.8. The van der Waals surface area contributed by atoms with Gasteiger partial charge in [-0.2, -0.15) is 0 Å². The first-order valence-electron chi connectivity index (χ1n) is 5.06. The lowest BCUT2D eigenvalue weighted by Gasteiger charge is -2.05. The lowest BCUT2D eigenvalue weighted by molar-refractivity contribution is -0.136. The number of hydrogen-bond acceptors (Lipinski definition) is 4. The molecule has 0 aliphatic heterocycles. The van der Waals surface area contributed by atoms with Gasteiger partial charge in [0.2, 0.25) is 0 Å². The third-order valence-corrected chi connectivity index (χ3v) is 2.08. The molecule has 0 unspecified atom stereocenters. The highest BCUT2D eigenvalue weighted by Crippen LogP contribution is 2.15. The van der Waals surface area contributed by atoms with Crippen molar-refractivity contribution in [2.75, 3.05) is 7.11 Å². The molecular weight excluding hydrogens is 220 g/mol. The van der Waals surface area contributed by atoms with Gasteiger partial charge in [-0.1, -0.05) is 18.7 Å². The largest absolute Gasteiger partial charge is 0.466 e. The number of esters is 2. The van der Waals surface area contributed by atoms with Crippen molar-refractivity contribution in [2.45, 2.75) is 13.3 Å². The highest BCUT2D eigenvalue weighted by molar-refractivity contribution is 5.88. The molecule has 17 heavy (non-hydrogen) atoms. The Morgan fingerprint density at radius 3 is 2.29 bits per heavy atom. The molecule has 1 rings (SSSR count). The normalized spacial score (nSPS) is 9.53. The molecule has 0 saturated carbocycles. The summed E-state index contributed by atoms with van der Waals surface area (Å²) < 4.78 is 9.44. The van der Waals surface area contributed by atoms with Gasteiger partial charge in [0.25, 0.3) is 0 Å². The molecule has 0 spiro atoms. The SMILES string of the molecule is C=C(Cc1ccc(OC(C)=O)cc1)C(=O)OC. The van der Waals surface area contributed by atoms with Gasteiger partial charge < -0.3 is 9.47 Å². The average molecular weight is 234 g/mol. The van der Waals surface area contributed by atoms with Gasteiger partial charge in [0.15, 0.2) is 0 Å². The molecule has 0 aromatic heterocycles. The first-order chi connectivity index (χ1) is 8.02. The second-order valence-electron chi connectivity index (χ2n) is 3.51. The first kappa shape index (κ1) is 13.0. The van der Waals surface area contributed by atoms with Gasteiger partial charge in [0, 0.05) is 18.9 Å². The zero-order valence-corrected chi connectivity index (χ0v) is 9.86. The van der Waals surface area contributed by atoms with E-state index in [1.54, 1.807) is 24.3 Å². The van der Waals surface area contributed by atoms with Crippen molar-refractivity contribution in [2.24, 2.45) is 0 Å². The van der Waals surface area contributed by atoms with Crippen LogP contribution in [0.1, 0.15) is 12.5 Å². The number of ether oxygens (including phenoxy) is 2. The van der Waals surface area contributed by atoms with Crippen LogP contribution in [0.4, 0.5) is 0 Å². The number of rotatable bonds is 4. The van der Waals surface area contributed by atoms with Crippen molar-refractivity contribution in [1.29, 1.82) is 0 Å². The van der Waals surface area contributed by atoms with Crippen LogP contribution in [0.3, 0.4) is 0 Å². The summed E-state index contributed by atoms with van der Waals surface area (Å²) in [6.07, 6.45) is 0.410. The second kappa shape index (κ2) is 5.84. The standard InChI is InChI=1S/C13H14O4/c1-9(13(15)16-3)8-11-4-6-12(7-5-11)17-10(2)14/h4-7H,1,8H2,2-3H3. The summed E-state index contributed by atoms with van der Waals surface area (Å²) >= 11 is 0.